The Morgan fingerprint density at radius 3 is 2.55 bits per heavy atom. The predicted octanol–water partition coefficient (Wildman–Crippen LogP) is 5.60. The van der Waals surface area contributed by atoms with E-state index >= 15 is 0 Å². The number of ether oxygens (including phenoxy) is 3. The number of amides is 1. The molecule has 0 radical (unpaired) electrons. The third-order valence-corrected chi connectivity index (χ3v) is 6.48. The first-order valence-electron chi connectivity index (χ1n) is 13.4. The van der Waals surface area contributed by atoms with Gasteiger partial charge in [0.25, 0.3) is 0 Å². The van der Waals surface area contributed by atoms with Crippen molar-refractivity contribution in [2.45, 2.75) is 20.0 Å². The van der Waals surface area contributed by atoms with Crippen molar-refractivity contribution < 1.29 is 27.8 Å². The molecule has 0 saturated heterocycles. The highest BCUT2D eigenvalue weighted by atomic mass is 19.1. The van der Waals surface area contributed by atoms with Gasteiger partial charge in [-0.25, -0.2) is 13.8 Å². The fraction of sp³-hybridized carbons (Fsp3) is 0.226. The van der Waals surface area contributed by atoms with Crippen LogP contribution in [0.15, 0.2) is 54.7 Å². The van der Waals surface area contributed by atoms with E-state index in [9.17, 15) is 18.8 Å². The maximum absolute atomic E-state index is 14.5. The van der Waals surface area contributed by atoms with Gasteiger partial charge in [-0.05, 0) is 43.3 Å². The third-order valence-electron chi connectivity index (χ3n) is 6.48. The summed E-state index contributed by atoms with van der Waals surface area (Å²) in [5.74, 6) is 0.0463. The highest BCUT2D eigenvalue weighted by molar-refractivity contribution is 5.80. The van der Waals surface area contributed by atoms with Crippen LogP contribution < -0.4 is 35.1 Å². The Bertz CT molecular complexity index is 1680. The van der Waals surface area contributed by atoms with Crippen LogP contribution in [0.25, 0.3) is 0 Å². The van der Waals surface area contributed by atoms with E-state index in [0.717, 1.165) is 11.6 Å². The molecule has 13 heteroatoms. The zero-order valence-corrected chi connectivity index (χ0v) is 24.6. The molecule has 0 spiro atoms. The Hall–Kier alpha value is -5.64. The Morgan fingerprint density at radius 1 is 1.02 bits per heavy atom. The first-order valence-corrected chi connectivity index (χ1v) is 13.4. The second-order valence-electron chi connectivity index (χ2n) is 9.39. The minimum atomic E-state index is -0.823. The third kappa shape index (κ3) is 7.40. The number of nitriles is 1. The zero-order chi connectivity index (χ0) is 31.6. The molecule has 0 aliphatic carbocycles. The lowest BCUT2D eigenvalue weighted by molar-refractivity contribution is -0.105. The first-order chi connectivity index (χ1) is 21.3. The smallest absolute Gasteiger partial charge is 0.229 e. The summed E-state index contributed by atoms with van der Waals surface area (Å²) in [7, 11) is 4.80. The Morgan fingerprint density at radius 2 is 1.84 bits per heavy atom. The standard InChI is InChI=1S/C31H31F2N7O4/c1-5-44-29-21(11-22(32)12-24(29)33)17-40(2)30-27(37-18-41)16-36-31(39-30)38-26-10-19(14-34)6-9-25(26)35-15-20-7-8-23(42-3)13-28(20)43-4/h6-13,16,18,35H,5,15,17H2,1-4H3,(H,37,41)(H,36,38,39). The van der Waals surface area contributed by atoms with Crippen molar-refractivity contribution in [1.82, 2.24) is 9.97 Å². The minimum absolute atomic E-state index is 0.00553. The molecule has 0 aliphatic heterocycles. The van der Waals surface area contributed by atoms with Crippen LogP contribution in [0.1, 0.15) is 23.6 Å². The number of hydrogen-bond donors (Lipinski definition) is 3. The summed E-state index contributed by atoms with van der Waals surface area (Å²) < 4.78 is 44.8. The van der Waals surface area contributed by atoms with Crippen LogP contribution in [0.3, 0.4) is 0 Å². The van der Waals surface area contributed by atoms with E-state index in [0.29, 0.717) is 41.4 Å². The van der Waals surface area contributed by atoms with Crippen molar-refractivity contribution in [1.29, 1.82) is 5.26 Å². The Kier molecular flexibility index (Phi) is 10.3. The van der Waals surface area contributed by atoms with E-state index in [1.54, 1.807) is 57.4 Å². The molecule has 1 amide bonds. The molecular formula is C31H31F2N7O4. The van der Waals surface area contributed by atoms with Gasteiger partial charge in [0.15, 0.2) is 17.4 Å². The number of aromatic nitrogens is 2. The van der Waals surface area contributed by atoms with Gasteiger partial charge < -0.3 is 35.1 Å². The number of rotatable bonds is 14. The number of nitrogens with one attached hydrogen (secondary N) is 3. The number of anilines is 5. The maximum atomic E-state index is 14.5. The highest BCUT2D eigenvalue weighted by Gasteiger charge is 2.19. The molecule has 0 fully saturated rings. The zero-order valence-electron chi connectivity index (χ0n) is 24.6. The fourth-order valence-corrected chi connectivity index (χ4v) is 4.44. The molecule has 3 N–H and O–H groups in total. The number of carbonyl (C=O) groups is 1. The minimum Gasteiger partial charge on any atom is -0.497 e. The SMILES string of the molecule is CCOc1c(F)cc(F)cc1CN(C)c1nc(Nc2cc(C#N)ccc2NCc2ccc(OC)cc2OC)ncc1NC=O. The summed E-state index contributed by atoms with van der Waals surface area (Å²) in [6, 6.07) is 14.6. The highest BCUT2D eigenvalue weighted by Crippen LogP contribution is 2.32. The topological polar surface area (TPSA) is 134 Å². The molecule has 1 heterocycles. The molecule has 44 heavy (non-hydrogen) atoms. The second kappa shape index (κ2) is 14.5. The summed E-state index contributed by atoms with van der Waals surface area (Å²) in [5.41, 5.74) is 2.93. The first kappa shape index (κ1) is 31.3. The van der Waals surface area contributed by atoms with E-state index in [4.69, 9.17) is 14.2 Å². The Balaban J connectivity index is 1.64. The van der Waals surface area contributed by atoms with Gasteiger partial charge in [0.05, 0.1) is 50.0 Å². The molecule has 0 saturated carbocycles. The predicted molar refractivity (Wildman–Crippen MR) is 163 cm³/mol. The molecule has 1 aromatic heterocycles. The fourth-order valence-electron chi connectivity index (χ4n) is 4.44. The van der Waals surface area contributed by atoms with E-state index in [-0.39, 0.29) is 41.9 Å². The number of carbonyl (C=O) groups excluding carboxylic acids is 1. The quantitative estimate of drug-likeness (QED) is 0.156. The van der Waals surface area contributed by atoms with Crippen LogP contribution in [0, 0.1) is 23.0 Å². The normalized spacial score (nSPS) is 10.4. The lowest BCUT2D eigenvalue weighted by Crippen LogP contribution is -2.21. The number of benzene rings is 3. The van der Waals surface area contributed by atoms with Gasteiger partial charge >= 0.3 is 0 Å². The molecule has 0 aliphatic rings. The van der Waals surface area contributed by atoms with Crippen LogP contribution in [0.2, 0.25) is 0 Å². The monoisotopic (exact) mass is 603 g/mol. The van der Waals surface area contributed by atoms with Gasteiger partial charge in [-0.3, -0.25) is 4.79 Å². The molecule has 0 bridgehead atoms. The molecule has 3 aromatic carbocycles. The summed E-state index contributed by atoms with van der Waals surface area (Å²) in [6.07, 6.45) is 1.87. The van der Waals surface area contributed by atoms with Crippen molar-refractivity contribution in [3.05, 3.63) is 83.1 Å². The van der Waals surface area contributed by atoms with Gasteiger partial charge in [-0.2, -0.15) is 10.2 Å². The van der Waals surface area contributed by atoms with Crippen LogP contribution >= 0.6 is 0 Å². The van der Waals surface area contributed by atoms with E-state index in [1.807, 2.05) is 12.1 Å². The average Bonchev–Trinajstić information content (AvgIpc) is 3.02. The summed E-state index contributed by atoms with van der Waals surface area (Å²) >= 11 is 0. The number of methoxy groups -OCH3 is 2. The van der Waals surface area contributed by atoms with Crippen molar-refractivity contribution in [3.63, 3.8) is 0 Å². The number of nitrogens with zero attached hydrogens (tertiary/aromatic N) is 4. The van der Waals surface area contributed by atoms with Gasteiger partial charge in [-0.15, -0.1) is 0 Å². The summed E-state index contributed by atoms with van der Waals surface area (Å²) in [6.45, 7) is 2.26. The Labute approximate surface area is 253 Å². The van der Waals surface area contributed by atoms with Crippen LogP contribution in [0.5, 0.6) is 17.2 Å². The van der Waals surface area contributed by atoms with E-state index in [1.165, 1.54) is 12.3 Å². The van der Waals surface area contributed by atoms with Crippen molar-refractivity contribution in [2.24, 2.45) is 0 Å². The van der Waals surface area contributed by atoms with Crippen molar-refractivity contribution in [2.75, 3.05) is 48.7 Å². The van der Waals surface area contributed by atoms with E-state index in [2.05, 4.69) is 32.0 Å². The number of halogens is 2. The van der Waals surface area contributed by atoms with Gasteiger partial charge in [0.2, 0.25) is 12.4 Å². The van der Waals surface area contributed by atoms with Gasteiger partial charge in [0, 0.05) is 43.4 Å². The maximum Gasteiger partial charge on any atom is 0.229 e. The van der Waals surface area contributed by atoms with Crippen LogP contribution in [0.4, 0.5) is 37.6 Å². The van der Waals surface area contributed by atoms with Gasteiger partial charge in [0.1, 0.15) is 23.0 Å². The van der Waals surface area contributed by atoms with Crippen molar-refractivity contribution in [3.8, 4) is 23.3 Å². The molecule has 11 nitrogen and oxygen atoms in total. The lowest BCUT2D eigenvalue weighted by Gasteiger charge is -2.23. The largest absolute Gasteiger partial charge is 0.497 e. The van der Waals surface area contributed by atoms with Crippen molar-refractivity contribution >= 4 is 35.2 Å². The molecule has 228 valence electrons. The van der Waals surface area contributed by atoms with Crippen LogP contribution in [-0.4, -0.2) is 44.3 Å². The summed E-state index contributed by atoms with van der Waals surface area (Å²) in [4.78, 5) is 21.8. The molecular weight excluding hydrogens is 572 g/mol. The van der Waals surface area contributed by atoms with Crippen LogP contribution in [-0.2, 0) is 17.9 Å². The number of hydrogen-bond acceptors (Lipinski definition) is 10. The molecule has 0 unspecified atom stereocenters. The molecule has 0 atom stereocenters. The average molecular weight is 604 g/mol. The molecule has 4 aromatic rings. The van der Waals surface area contributed by atoms with E-state index < -0.39 is 11.6 Å². The second-order valence-corrected chi connectivity index (χ2v) is 9.39. The molecule has 4 rings (SSSR count). The summed E-state index contributed by atoms with van der Waals surface area (Å²) in [5, 5.41) is 18.6. The van der Waals surface area contributed by atoms with Gasteiger partial charge in [-0.1, -0.05) is 0 Å². The lowest BCUT2D eigenvalue weighted by atomic mass is 10.1.